The summed E-state index contributed by atoms with van der Waals surface area (Å²) in [6, 6.07) is 14.7. The smallest absolute Gasteiger partial charge is 0.270 e. The molecule has 2 aliphatic heterocycles. The summed E-state index contributed by atoms with van der Waals surface area (Å²) in [7, 11) is 0. The van der Waals surface area contributed by atoms with Crippen LogP contribution in [0.3, 0.4) is 0 Å². The van der Waals surface area contributed by atoms with Crippen molar-refractivity contribution in [3.63, 3.8) is 0 Å². The molecule has 0 radical (unpaired) electrons. The van der Waals surface area contributed by atoms with Crippen molar-refractivity contribution < 1.29 is 4.79 Å². The van der Waals surface area contributed by atoms with E-state index in [1.807, 2.05) is 23.2 Å². The van der Waals surface area contributed by atoms with E-state index in [1.165, 1.54) is 18.5 Å². The highest BCUT2D eigenvalue weighted by Gasteiger charge is 2.42. The molecule has 0 saturated carbocycles. The number of benzene rings is 1. The summed E-state index contributed by atoms with van der Waals surface area (Å²) in [4.78, 5) is 20.3. The lowest BCUT2D eigenvalue weighted by atomic mass is 9.68. The minimum atomic E-state index is 0.146. The molecule has 4 heteroatoms. The molecular formula is C22H29N3O. The SMILES string of the molecule is CCN1C[C@@H](c2ccccc2)CC2(CCN(C(=O)c3ccc[nH]3)CC2)C1. The fourth-order valence-corrected chi connectivity index (χ4v) is 4.87. The quantitative estimate of drug-likeness (QED) is 0.915. The summed E-state index contributed by atoms with van der Waals surface area (Å²) in [5.74, 6) is 0.753. The zero-order chi connectivity index (χ0) is 18.0. The van der Waals surface area contributed by atoms with E-state index < -0.39 is 0 Å². The van der Waals surface area contributed by atoms with Gasteiger partial charge in [-0.05, 0) is 54.8 Å². The van der Waals surface area contributed by atoms with E-state index in [2.05, 4.69) is 47.1 Å². The van der Waals surface area contributed by atoms with Gasteiger partial charge in [-0.15, -0.1) is 0 Å². The third-order valence-corrected chi connectivity index (χ3v) is 6.37. The Bertz CT molecular complexity index is 717. The Hall–Kier alpha value is -2.07. The van der Waals surface area contributed by atoms with Gasteiger partial charge in [0.1, 0.15) is 5.69 Å². The Balaban J connectivity index is 1.47. The molecule has 1 amide bonds. The molecule has 0 bridgehead atoms. The maximum absolute atomic E-state index is 12.6. The van der Waals surface area contributed by atoms with Crippen molar-refractivity contribution >= 4 is 5.91 Å². The van der Waals surface area contributed by atoms with Crippen molar-refractivity contribution in [3.05, 3.63) is 59.9 Å². The van der Waals surface area contributed by atoms with E-state index in [0.29, 0.717) is 17.0 Å². The lowest BCUT2D eigenvalue weighted by Gasteiger charge is -2.50. The van der Waals surface area contributed by atoms with Gasteiger partial charge in [0.25, 0.3) is 5.91 Å². The highest BCUT2D eigenvalue weighted by molar-refractivity contribution is 5.92. The molecule has 1 aromatic heterocycles. The number of aromatic amines is 1. The molecule has 1 spiro atoms. The van der Waals surface area contributed by atoms with Gasteiger partial charge in [-0.2, -0.15) is 0 Å². The number of nitrogens with one attached hydrogen (secondary N) is 1. The molecule has 2 saturated heterocycles. The van der Waals surface area contributed by atoms with E-state index in [0.717, 1.165) is 39.0 Å². The summed E-state index contributed by atoms with van der Waals surface area (Å²) < 4.78 is 0. The van der Waals surface area contributed by atoms with Crippen LogP contribution in [0.25, 0.3) is 0 Å². The van der Waals surface area contributed by atoms with Crippen LogP contribution in [0.5, 0.6) is 0 Å². The molecule has 4 rings (SSSR count). The van der Waals surface area contributed by atoms with E-state index in [1.54, 1.807) is 0 Å². The number of rotatable bonds is 3. The van der Waals surface area contributed by atoms with Crippen molar-refractivity contribution in [1.29, 1.82) is 0 Å². The maximum Gasteiger partial charge on any atom is 0.270 e. The van der Waals surface area contributed by atoms with Crippen molar-refractivity contribution in [3.8, 4) is 0 Å². The maximum atomic E-state index is 12.6. The first kappa shape index (κ1) is 17.3. The van der Waals surface area contributed by atoms with Gasteiger partial charge in [-0.3, -0.25) is 4.79 Å². The molecule has 0 aliphatic carbocycles. The van der Waals surface area contributed by atoms with Crippen LogP contribution >= 0.6 is 0 Å². The second-order valence-electron chi connectivity index (χ2n) is 8.02. The molecule has 1 N–H and O–H groups in total. The number of amides is 1. The van der Waals surface area contributed by atoms with Gasteiger partial charge in [0.05, 0.1) is 0 Å². The number of carbonyl (C=O) groups is 1. The molecule has 2 aromatic rings. The van der Waals surface area contributed by atoms with Gasteiger partial charge in [0, 0.05) is 32.4 Å². The Kier molecular flexibility index (Phi) is 4.86. The van der Waals surface area contributed by atoms with Crippen molar-refractivity contribution in [2.45, 2.75) is 32.1 Å². The topological polar surface area (TPSA) is 39.3 Å². The third-order valence-electron chi connectivity index (χ3n) is 6.37. The highest BCUT2D eigenvalue weighted by Crippen LogP contribution is 2.45. The summed E-state index contributed by atoms with van der Waals surface area (Å²) in [6.45, 7) is 7.46. The number of aromatic nitrogens is 1. The van der Waals surface area contributed by atoms with Gasteiger partial charge in [0.2, 0.25) is 0 Å². The molecule has 1 atom stereocenters. The standard InChI is InChI=1S/C22H29N3O/c1-2-24-16-19(18-7-4-3-5-8-18)15-22(17-24)10-13-25(14-11-22)21(26)20-9-6-12-23-20/h3-9,12,19,23H,2,10-11,13-17H2,1H3/t19-/m0/s1. The van der Waals surface area contributed by atoms with Crippen LogP contribution in [0.1, 0.15) is 48.2 Å². The summed E-state index contributed by atoms with van der Waals surface area (Å²) in [5, 5.41) is 0. The number of carbonyl (C=O) groups excluding carboxylic acids is 1. The molecule has 2 aliphatic rings. The van der Waals surface area contributed by atoms with Crippen molar-refractivity contribution in [2.24, 2.45) is 5.41 Å². The van der Waals surface area contributed by atoms with Crippen LogP contribution in [0, 0.1) is 5.41 Å². The predicted octanol–water partition coefficient (Wildman–Crippen LogP) is 3.75. The average Bonchev–Trinajstić information content (AvgIpc) is 3.23. The molecular weight excluding hydrogens is 322 g/mol. The lowest BCUT2D eigenvalue weighted by Crippen LogP contribution is -2.52. The number of H-pyrrole nitrogens is 1. The number of likely N-dealkylation sites (N-methyl/N-ethyl adjacent to an activating group) is 1. The second-order valence-corrected chi connectivity index (χ2v) is 8.02. The van der Waals surface area contributed by atoms with Gasteiger partial charge < -0.3 is 14.8 Å². The van der Waals surface area contributed by atoms with Gasteiger partial charge in [-0.25, -0.2) is 0 Å². The monoisotopic (exact) mass is 351 g/mol. The van der Waals surface area contributed by atoms with Gasteiger partial charge in [0.15, 0.2) is 0 Å². The Morgan fingerprint density at radius 3 is 2.58 bits per heavy atom. The van der Waals surface area contributed by atoms with Crippen LogP contribution in [0.2, 0.25) is 0 Å². The lowest BCUT2D eigenvalue weighted by molar-refractivity contribution is 0.0156. The number of piperidine rings is 2. The molecule has 1 aromatic carbocycles. The third kappa shape index (κ3) is 3.43. The minimum absolute atomic E-state index is 0.146. The van der Waals surface area contributed by atoms with Crippen molar-refractivity contribution in [2.75, 3.05) is 32.7 Å². The first-order valence-corrected chi connectivity index (χ1v) is 9.89. The molecule has 2 fully saturated rings. The van der Waals surface area contributed by atoms with Crippen molar-refractivity contribution in [1.82, 2.24) is 14.8 Å². The van der Waals surface area contributed by atoms with E-state index in [4.69, 9.17) is 0 Å². The highest BCUT2D eigenvalue weighted by atomic mass is 16.2. The first-order chi connectivity index (χ1) is 12.7. The molecule has 138 valence electrons. The zero-order valence-electron chi connectivity index (χ0n) is 15.7. The summed E-state index contributed by atoms with van der Waals surface area (Å²) in [6.07, 6.45) is 5.29. The summed E-state index contributed by atoms with van der Waals surface area (Å²) in [5.41, 5.74) is 2.53. The Morgan fingerprint density at radius 1 is 1.15 bits per heavy atom. The first-order valence-electron chi connectivity index (χ1n) is 9.89. The Morgan fingerprint density at radius 2 is 1.92 bits per heavy atom. The molecule has 3 heterocycles. The zero-order valence-corrected chi connectivity index (χ0v) is 15.7. The van der Waals surface area contributed by atoms with E-state index >= 15 is 0 Å². The van der Waals surface area contributed by atoms with Crippen LogP contribution in [0.15, 0.2) is 48.7 Å². The van der Waals surface area contributed by atoms with E-state index in [9.17, 15) is 4.79 Å². The van der Waals surface area contributed by atoms with Crippen LogP contribution in [-0.2, 0) is 0 Å². The molecule has 0 unspecified atom stereocenters. The largest absolute Gasteiger partial charge is 0.357 e. The fourth-order valence-electron chi connectivity index (χ4n) is 4.87. The summed E-state index contributed by atoms with van der Waals surface area (Å²) >= 11 is 0. The number of hydrogen-bond donors (Lipinski definition) is 1. The predicted molar refractivity (Wildman–Crippen MR) is 104 cm³/mol. The molecule has 4 nitrogen and oxygen atoms in total. The van der Waals surface area contributed by atoms with E-state index in [-0.39, 0.29) is 5.91 Å². The van der Waals surface area contributed by atoms with Gasteiger partial charge >= 0.3 is 0 Å². The second kappa shape index (κ2) is 7.28. The average molecular weight is 351 g/mol. The fraction of sp³-hybridized carbons (Fsp3) is 0.500. The molecule has 26 heavy (non-hydrogen) atoms. The van der Waals surface area contributed by atoms with Gasteiger partial charge in [-0.1, -0.05) is 37.3 Å². The van der Waals surface area contributed by atoms with Crippen LogP contribution < -0.4 is 0 Å². The number of likely N-dealkylation sites (tertiary alicyclic amines) is 2. The number of nitrogens with zero attached hydrogens (tertiary/aromatic N) is 2. The Labute approximate surface area is 156 Å². The number of hydrogen-bond acceptors (Lipinski definition) is 2. The van der Waals surface area contributed by atoms with Crippen LogP contribution in [-0.4, -0.2) is 53.4 Å². The minimum Gasteiger partial charge on any atom is -0.357 e. The normalized spacial score (nSPS) is 23.3. The van der Waals surface area contributed by atoms with Crippen LogP contribution in [0.4, 0.5) is 0 Å².